The Hall–Kier alpha value is -1.93. The smallest absolute Gasteiger partial charge is 0.419 e. The summed E-state index contributed by atoms with van der Waals surface area (Å²) in [5.74, 6) is -2.35. The van der Waals surface area contributed by atoms with Crippen LogP contribution in [-0.4, -0.2) is 18.1 Å². The number of nitrogens with zero attached hydrogens (tertiary/aromatic N) is 1. The van der Waals surface area contributed by atoms with Gasteiger partial charge in [0.15, 0.2) is 5.69 Å². The zero-order chi connectivity index (χ0) is 14.1. The number of ether oxygens (including phenoxy) is 1. The van der Waals surface area contributed by atoms with Crippen molar-refractivity contribution in [2.45, 2.75) is 12.6 Å². The van der Waals surface area contributed by atoms with Crippen molar-refractivity contribution >= 4 is 11.8 Å². The van der Waals surface area contributed by atoms with Crippen LogP contribution in [0.25, 0.3) is 0 Å². The highest BCUT2D eigenvalue weighted by Gasteiger charge is 2.36. The van der Waals surface area contributed by atoms with Crippen LogP contribution in [0.15, 0.2) is 6.07 Å². The van der Waals surface area contributed by atoms with Crippen molar-refractivity contribution in [3.63, 3.8) is 0 Å². The van der Waals surface area contributed by atoms with Gasteiger partial charge >= 0.3 is 12.1 Å². The highest BCUT2D eigenvalue weighted by atomic mass is 19.4. The van der Waals surface area contributed by atoms with E-state index in [4.69, 9.17) is 5.73 Å². The van der Waals surface area contributed by atoms with E-state index in [-0.39, 0.29) is 6.07 Å². The molecule has 1 aromatic heterocycles. The Morgan fingerprint density at radius 2 is 2.00 bits per heavy atom. The lowest BCUT2D eigenvalue weighted by Gasteiger charge is -2.13. The number of rotatable bonds is 2. The van der Waals surface area contributed by atoms with Crippen LogP contribution in [0.4, 0.5) is 27.8 Å². The van der Waals surface area contributed by atoms with Gasteiger partial charge in [0.2, 0.25) is 0 Å². The van der Waals surface area contributed by atoms with Gasteiger partial charge in [-0.2, -0.15) is 13.2 Å². The molecular weight excluding hydrogens is 263 g/mol. The molecule has 0 unspecified atom stereocenters. The Balaban J connectivity index is 3.49. The highest BCUT2D eigenvalue weighted by Crippen LogP contribution is 2.36. The van der Waals surface area contributed by atoms with E-state index in [0.717, 1.165) is 7.11 Å². The van der Waals surface area contributed by atoms with E-state index in [1.807, 2.05) is 0 Å². The fourth-order valence-corrected chi connectivity index (χ4v) is 1.20. The molecule has 0 aliphatic carbocycles. The van der Waals surface area contributed by atoms with E-state index in [1.165, 1.54) is 0 Å². The van der Waals surface area contributed by atoms with Crippen molar-refractivity contribution < 1.29 is 31.5 Å². The molecule has 0 spiro atoms. The number of aromatic nitrogens is 1. The van der Waals surface area contributed by atoms with Crippen LogP contribution in [0.3, 0.4) is 0 Å². The molecule has 1 rings (SSSR count). The van der Waals surface area contributed by atoms with E-state index in [0.29, 0.717) is 0 Å². The van der Waals surface area contributed by atoms with Crippen molar-refractivity contribution in [3.8, 4) is 0 Å². The van der Waals surface area contributed by atoms with Gasteiger partial charge in [-0.1, -0.05) is 0 Å². The minimum absolute atomic E-state index is 0.0965. The molecule has 0 aliphatic heterocycles. The number of pyridine rings is 1. The molecule has 0 fully saturated rings. The number of carbonyl (C=O) groups excluding carboxylic acids is 1. The lowest BCUT2D eigenvalue weighted by atomic mass is 10.1. The van der Waals surface area contributed by atoms with Crippen LogP contribution >= 0.6 is 0 Å². The van der Waals surface area contributed by atoms with Crippen molar-refractivity contribution in [3.05, 3.63) is 22.9 Å². The van der Waals surface area contributed by atoms with Crippen molar-refractivity contribution in [2.75, 3.05) is 12.8 Å². The predicted octanol–water partition coefficient (Wildman–Crippen LogP) is 2.41. The first-order valence-electron chi connectivity index (χ1n) is 4.42. The molecule has 0 bridgehead atoms. The van der Waals surface area contributed by atoms with Gasteiger partial charge in [-0.15, -0.1) is 0 Å². The molecule has 2 N–H and O–H groups in total. The van der Waals surface area contributed by atoms with Crippen molar-refractivity contribution in [1.82, 2.24) is 4.98 Å². The third-order valence-electron chi connectivity index (χ3n) is 2.00. The number of carbonyl (C=O) groups is 1. The van der Waals surface area contributed by atoms with Crippen LogP contribution in [0, 0.1) is 0 Å². The Bertz CT molecular complexity index is 473. The Morgan fingerprint density at radius 1 is 1.44 bits per heavy atom. The largest absolute Gasteiger partial charge is 0.464 e. The molecule has 1 heterocycles. The summed E-state index contributed by atoms with van der Waals surface area (Å²) in [6.45, 7) is 0. The van der Waals surface area contributed by atoms with E-state index >= 15 is 0 Å². The maximum absolute atomic E-state index is 12.6. The molecule has 100 valence electrons. The number of nitrogens with two attached hydrogens (primary N) is 1. The second kappa shape index (κ2) is 4.75. The number of hydrogen-bond acceptors (Lipinski definition) is 4. The van der Waals surface area contributed by atoms with Crippen LogP contribution in [0.2, 0.25) is 0 Å². The molecule has 18 heavy (non-hydrogen) atoms. The van der Waals surface area contributed by atoms with Crippen molar-refractivity contribution in [1.29, 1.82) is 0 Å². The number of hydrogen-bond donors (Lipinski definition) is 1. The third-order valence-corrected chi connectivity index (χ3v) is 2.00. The zero-order valence-electron chi connectivity index (χ0n) is 8.89. The van der Waals surface area contributed by atoms with Gasteiger partial charge in [-0.3, -0.25) is 0 Å². The summed E-state index contributed by atoms with van der Waals surface area (Å²) < 4.78 is 66.5. The third kappa shape index (κ3) is 2.66. The molecule has 0 saturated heterocycles. The average molecular weight is 270 g/mol. The van der Waals surface area contributed by atoms with Crippen LogP contribution < -0.4 is 5.73 Å². The average Bonchev–Trinajstić information content (AvgIpc) is 2.25. The topological polar surface area (TPSA) is 65.2 Å². The van der Waals surface area contributed by atoms with Gasteiger partial charge in [0, 0.05) is 0 Å². The summed E-state index contributed by atoms with van der Waals surface area (Å²) >= 11 is 0. The molecule has 4 nitrogen and oxygen atoms in total. The summed E-state index contributed by atoms with van der Waals surface area (Å²) in [4.78, 5) is 14.1. The number of esters is 1. The van der Waals surface area contributed by atoms with E-state index in [9.17, 15) is 26.7 Å². The van der Waals surface area contributed by atoms with Gasteiger partial charge in [0.1, 0.15) is 5.82 Å². The highest BCUT2D eigenvalue weighted by molar-refractivity contribution is 5.89. The Kier molecular flexibility index (Phi) is 3.73. The quantitative estimate of drug-likeness (QED) is 0.662. The summed E-state index contributed by atoms with van der Waals surface area (Å²) in [5, 5.41) is 0. The first kappa shape index (κ1) is 14.1. The second-order valence-corrected chi connectivity index (χ2v) is 3.15. The number of anilines is 1. The Morgan fingerprint density at radius 3 is 2.39 bits per heavy atom. The second-order valence-electron chi connectivity index (χ2n) is 3.15. The summed E-state index contributed by atoms with van der Waals surface area (Å²) in [6.07, 6.45) is -8.25. The Labute approximate surface area is 97.6 Å². The number of halogens is 5. The molecule has 1 aromatic rings. The molecule has 0 amide bonds. The van der Waals surface area contributed by atoms with Gasteiger partial charge in [0.25, 0.3) is 6.43 Å². The van der Waals surface area contributed by atoms with Crippen LogP contribution in [0.1, 0.15) is 28.0 Å². The number of nitrogen functional groups attached to an aromatic ring is 1. The van der Waals surface area contributed by atoms with Gasteiger partial charge in [0.05, 0.1) is 18.2 Å². The van der Waals surface area contributed by atoms with E-state index < -0.39 is 41.2 Å². The SMILES string of the molecule is COC(=O)c1nc(N)c(C(F)(F)F)cc1C(F)F. The molecule has 0 atom stereocenters. The maximum atomic E-state index is 12.6. The molecule has 0 aliphatic rings. The predicted molar refractivity (Wildman–Crippen MR) is 49.9 cm³/mol. The van der Waals surface area contributed by atoms with Gasteiger partial charge < -0.3 is 10.5 Å². The zero-order valence-corrected chi connectivity index (χ0v) is 8.89. The van der Waals surface area contributed by atoms with E-state index in [1.54, 1.807) is 0 Å². The first-order valence-corrected chi connectivity index (χ1v) is 4.42. The molecule has 0 radical (unpaired) electrons. The van der Waals surface area contributed by atoms with Crippen molar-refractivity contribution in [2.24, 2.45) is 0 Å². The molecule has 0 aromatic carbocycles. The minimum atomic E-state index is -4.94. The summed E-state index contributed by atoms with van der Waals surface area (Å²) in [5.41, 5.74) is 1.35. The lowest BCUT2D eigenvalue weighted by Crippen LogP contribution is -2.17. The number of alkyl halides is 5. The monoisotopic (exact) mass is 270 g/mol. The van der Waals surface area contributed by atoms with E-state index in [2.05, 4.69) is 9.72 Å². The fourth-order valence-electron chi connectivity index (χ4n) is 1.20. The van der Waals surface area contributed by atoms with Crippen LogP contribution in [0.5, 0.6) is 0 Å². The fraction of sp³-hybridized carbons (Fsp3) is 0.333. The minimum Gasteiger partial charge on any atom is -0.464 e. The standard InChI is InChI=1S/C9H7F5N2O2/c1-18-8(17)5-3(6(10)11)2-4(7(15)16-5)9(12,13)14/h2,6H,1H3,(H2,15,16). The molecular formula is C9H7F5N2O2. The first-order chi connectivity index (χ1) is 8.18. The molecule has 9 heteroatoms. The molecule has 0 saturated carbocycles. The number of methoxy groups -OCH3 is 1. The summed E-state index contributed by atoms with van der Waals surface area (Å²) in [6, 6.07) is 0.0965. The maximum Gasteiger partial charge on any atom is 0.419 e. The van der Waals surface area contributed by atoms with Gasteiger partial charge in [-0.05, 0) is 6.07 Å². The van der Waals surface area contributed by atoms with Gasteiger partial charge in [-0.25, -0.2) is 18.6 Å². The summed E-state index contributed by atoms with van der Waals surface area (Å²) in [7, 11) is 0.882. The normalized spacial score (nSPS) is 11.7. The van der Waals surface area contributed by atoms with Crippen LogP contribution in [-0.2, 0) is 10.9 Å². The lowest BCUT2D eigenvalue weighted by molar-refractivity contribution is -0.137.